The van der Waals surface area contributed by atoms with Gasteiger partial charge in [-0.25, -0.2) is 4.39 Å². The average molecular weight is 391 g/mol. The first-order valence-corrected chi connectivity index (χ1v) is 9.64. The van der Waals surface area contributed by atoms with E-state index in [0.29, 0.717) is 37.0 Å². The summed E-state index contributed by atoms with van der Waals surface area (Å²) in [6.45, 7) is 2.84. The molecule has 4 rings (SSSR count). The molecule has 0 spiro atoms. The predicted molar refractivity (Wildman–Crippen MR) is 111 cm³/mol. The molecule has 0 aliphatic rings. The van der Waals surface area contributed by atoms with E-state index in [2.05, 4.69) is 5.32 Å². The SMILES string of the molecule is Cc1ccc(CNC(=O)CCCn2c(=O)c3cccn3c3ccc(F)cc32)cc1. The van der Waals surface area contributed by atoms with Gasteiger partial charge >= 0.3 is 0 Å². The highest BCUT2D eigenvalue weighted by Crippen LogP contribution is 2.17. The lowest BCUT2D eigenvalue weighted by Gasteiger charge is -2.13. The molecular formula is C23H22FN3O2. The van der Waals surface area contributed by atoms with E-state index >= 15 is 0 Å². The second-order valence-corrected chi connectivity index (χ2v) is 7.22. The molecule has 5 nitrogen and oxygen atoms in total. The summed E-state index contributed by atoms with van der Waals surface area (Å²) < 4.78 is 17.1. The number of aromatic nitrogens is 2. The number of hydrogen-bond acceptors (Lipinski definition) is 2. The molecule has 2 aromatic carbocycles. The molecular weight excluding hydrogens is 369 g/mol. The zero-order valence-electron chi connectivity index (χ0n) is 16.2. The number of benzene rings is 2. The fraction of sp³-hybridized carbons (Fsp3) is 0.217. The van der Waals surface area contributed by atoms with Crippen LogP contribution in [0.2, 0.25) is 0 Å². The maximum Gasteiger partial charge on any atom is 0.275 e. The largest absolute Gasteiger partial charge is 0.352 e. The summed E-state index contributed by atoms with van der Waals surface area (Å²) in [7, 11) is 0. The number of nitrogens with zero attached hydrogens (tertiary/aromatic N) is 2. The molecule has 0 fully saturated rings. The third kappa shape index (κ3) is 3.92. The van der Waals surface area contributed by atoms with Crippen molar-refractivity contribution < 1.29 is 9.18 Å². The van der Waals surface area contributed by atoms with E-state index in [-0.39, 0.29) is 11.5 Å². The minimum absolute atomic E-state index is 0.0714. The number of carbonyl (C=O) groups is 1. The molecule has 0 unspecified atom stereocenters. The summed E-state index contributed by atoms with van der Waals surface area (Å²) in [5.74, 6) is -0.467. The highest BCUT2D eigenvalue weighted by molar-refractivity contribution is 5.79. The second-order valence-electron chi connectivity index (χ2n) is 7.22. The molecule has 2 heterocycles. The first-order valence-electron chi connectivity index (χ1n) is 9.64. The Morgan fingerprint density at radius 3 is 2.62 bits per heavy atom. The molecule has 0 aliphatic heterocycles. The van der Waals surface area contributed by atoms with E-state index in [1.54, 1.807) is 33.4 Å². The van der Waals surface area contributed by atoms with Crippen LogP contribution < -0.4 is 10.9 Å². The number of hydrogen-bond donors (Lipinski definition) is 1. The molecule has 6 heteroatoms. The zero-order chi connectivity index (χ0) is 20.4. The molecule has 0 bridgehead atoms. The van der Waals surface area contributed by atoms with Crippen LogP contribution in [0.5, 0.6) is 0 Å². The third-order valence-electron chi connectivity index (χ3n) is 5.10. The highest BCUT2D eigenvalue weighted by atomic mass is 19.1. The number of amides is 1. The summed E-state index contributed by atoms with van der Waals surface area (Å²) in [4.78, 5) is 25.0. The number of fused-ring (bicyclic) bond motifs is 3. The van der Waals surface area contributed by atoms with Gasteiger partial charge in [-0.1, -0.05) is 29.8 Å². The van der Waals surface area contributed by atoms with Crippen molar-refractivity contribution in [1.29, 1.82) is 0 Å². The van der Waals surface area contributed by atoms with Crippen LogP contribution in [0.3, 0.4) is 0 Å². The minimum Gasteiger partial charge on any atom is -0.352 e. The van der Waals surface area contributed by atoms with Crippen molar-refractivity contribution in [3.8, 4) is 0 Å². The normalized spacial score (nSPS) is 11.2. The van der Waals surface area contributed by atoms with Gasteiger partial charge in [0.25, 0.3) is 5.56 Å². The summed E-state index contributed by atoms with van der Waals surface area (Å²) in [5.41, 5.74) is 3.85. The fourth-order valence-corrected chi connectivity index (χ4v) is 3.54. The van der Waals surface area contributed by atoms with Gasteiger partial charge in [0.2, 0.25) is 5.91 Å². The number of aryl methyl sites for hydroxylation is 2. The van der Waals surface area contributed by atoms with E-state index in [9.17, 15) is 14.0 Å². The number of rotatable bonds is 6. The first kappa shape index (κ1) is 18.9. The van der Waals surface area contributed by atoms with Gasteiger partial charge in [-0.3, -0.25) is 9.59 Å². The molecule has 4 aromatic rings. The fourth-order valence-electron chi connectivity index (χ4n) is 3.54. The summed E-state index contributed by atoms with van der Waals surface area (Å²) >= 11 is 0. The van der Waals surface area contributed by atoms with Crippen LogP contribution in [0.4, 0.5) is 4.39 Å². The van der Waals surface area contributed by atoms with Crippen molar-refractivity contribution in [2.75, 3.05) is 0 Å². The summed E-state index contributed by atoms with van der Waals surface area (Å²) in [6.07, 6.45) is 2.57. The lowest BCUT2D eigenvalue weighted by atomic mass is 10.1. The number of halogens is 1. The molecule has 148 valence electrons. The van der Waals surface area contributed by atoms with Crippen LogP contribution in [-0.2, 0) is 17.9 Å². The van der Waals surface area contributed by atoms with Gasteiger partial charge < -0.3 is 14.3 Å². The molecule has 0 saturated carbocycles. The lowest BCUT2D eigenvalue weighted by molar-refractivity contribution is -0.121. The maximum absolute atomic E-state index is 13.8. The van der Waals surface area contributed by atoms with Gasteiger partial charge in [-0.05, 0) is 49.2 Å². The van der Waals surface area contributed by atoms with Crippen LogP contribution in [0.1, 0.15) is 24.0 Å². The molecule has 0 aliphatic carbocycles. The minimum atomic E-state index is -0.395. The summed E-state index contributed by atoms with van der Waals surface area (Å²) in [6, 6.07) is 16.0. The lowest BCUT2D eigenvalue weighted by Crippen LogP contribution is -2.25. The Hall–Kier alpha value is -3.41. The monoisotopic (exact) mass is 391 g/mol. The number of nitrogens with one attached hydrogen (secondary N) is 1. The standard InChI is InChI=1S/C23H22FN3O2/c1-16-6-8-17(9-7-16)15-25-22(28)5-3-13-27-21-14-18(24)10-11-19(21)26-12-2-4-20(26)23(27)29/h2,4,6-12,14H,3,5,13,15H2,1H3,(H,25,28). The topological polar surface area (TPSA) is 55.5 Å². The zero-order valence-corrected chi connectivity index (χ0v) is 16.2. The van der Waals surface area contributed by atoms with E-state index in [0.717, 1.165) is 11.1 Å². The maximum atomic E-state index is 13.8. The van der Waals surface area contributed by atoms with Crippen molar-refractivity contribution in [2.45, 2.75) is 32.9 Å². The number of carbonyl (C=O) groups excluding carboxylic acids is 1. The Labute approximate surface area is 167 Å². The van der Waals surface area contributed by atoms with Crippen LogP contribution >= 0.6 is 0 Å². The van der Waals surface area contributed by atoms with Gasteiger partial charge in [0.15, 0.2) is 0 Å². The third-order valence-corrected chi connectivity index (χ3v) is 5.10. The Morgan fingerprint density at radius 1 is 1.03 bits per heavy atom. The van der Waals surface area contributed by atoms with Gasteiger partial charge in [-0.15, -0.1) is 0 Å². The van der Waals surface area contributed by atoms with E-state index < -0.39 is 5.82 Å². The molecule has 0 radical (unpaired) electrons. The van der Waals surface area contributed by atoms with Gasteiger partial charge in [-0.2, -0.15) is 0 Å². The second kappa shape index (κ2) is 7.91. The van der Waals surface area contributed by atoms with Crippen LogP contribution in [0, 0.1) is 12.7 Å². The summed E-state index contributed by atoms with van der Waals surface area (Å²) in [5, 5.41) is 2.90. The Balaban J connectivity index is 1.47. The Kier molecular flexibility index (Phi) is 5.16. The van der Waals surface area contributed by atoms with E-state index in [1.165, 1.54) is 17.7 Å². The smallest absolute Gasteiger partial charge is 0.275 e. The Bertz CT molecular complexity index is 1240. The van der Waals surface area contributed by atoms with Crippen molar-refractivity contribution in [2.24, 2.45) is 0 Å². The molecule has 0 atom stereocenters. The Morgan fingerprint density at radius 2 is 1.83 bits per heavy atom. The van der Waals surface area contributed by atoms with Gasteiger partial charge in [0, 0.05) is 25.7 Å². The molecule has 1 N–H and O–H groups in total. The van der Waals surface area contributed by atoms with Gasteiger partial charge in [0.05, 0.1) is 11.0 Å². The average Bonchev–Trinajstić information content (AvgIpc) is 3.20. The van der Waals surface area contributed by atoms with Crippen molar-refractivity contribution in [1.82, 2.24) is 14.3 Å². The quantitative estimate of drug-likeness (QED) is 0.544. The van der Waals surface area contributed by atoms with Crippen molar-refractivity contribution >= 4 is 22.5 Å². The molecule has 2 aromatic heterocycles. The van der Waals surface area contributed by atoms with Crippen molar-refractivity contribution in [3.05, 3.63) is 88.1 Å². The van der Waals surface area contributed by atoms with Crippen molar-refractivity contribution in [3.63, 3.8) is 0 Å². The molecule has 0 saturated heterocycles. The van der Waals surface area contributed by atoms with E-state index in [1.807, 2.05) is 31.2 Å². The van der Waals surface area contributed by atoms with Crippen LogP contribution in [0.25, 0.3) is 16.6 Å². The highest BCUT2D eigenvalue weighted by Gasteiger charge is 2.12. The first-order chi connectivity index (χ1) is 14.0. The van der Waals surface area contributed by atoms with Gasteiger partial charge in [0.1, 0.15) is 11.3 Å². The predicted octanol–water partition coefficient (Wildman–Crippen LogP) is 3.80. The molecule has 1 amide bonds. The van der Waals surface area contributed by atoms with E-state index in [4.69, 9.17) is 0 Å². The van der Waals surface area contributed by atoms with Crippen LogP contribution in [-0.4, -0.2) is 14.9 Å². The molecule has 29 heavy (non-hydrogen) atoms. The van der Waals surface area contributed by atoms with Crippen LogP contribution in [0.15, 0.2) is 65.6 Å².